The molecule has 0 saturated heterocycles. The fraction of sp³-hybridized carbons (Fsp3) is 0.533. The van der Waals surface area contributed by atoms with Gasteiger partial charge in [-0.05, 0) is 37.0 Å². The first-order valence-electron chi connectivity index (χ1n) is 6.90. The lowest BCUT2D eigenvalue weighted by atomic mass is 10.1. The number of aromatic hydroxyl groups is 1. The summed E-state index contributed by atoms with van der Waals surface area (Å²) in [4.78, 5) is 14.1. The van der Waals surface area contributed by atoms with E-state index in [-0.39, 0.29) is 11.7 Å². The summed E-state index contributed by atoms with van der Waals surface area (Å²) in [5.74, 6) is 0.235. The molecule has 0 spiro atoms. The highest BCUT2D eigenvalue weighted by Gasteiger charge is 2.20. The van der Waals surface area contributed by atoms with E-state index in [1.165, 1.54) is 0 Å². The van der Waals surface area contributed by atoms with Crippen molar-refractivity contribution < 1.29 is 9.90 Å². The monoisotopic (exact) mass is 264 g/mol. The highest BCUT2D eigenvalue weighted by Crippen LogP contribution is 2.11. The van der Waals surface area contributed by atoms with E-state index in [2.05, 4.69) is 13.8 Å². The van der Waals surface area contributed by atoms with Crippen molar-refractivity contribution in [1.29, 1.82) is 0 Å². The SMILES string of the molecule is CCCN(CCC)C(=O)[C@H](N)Cc1ccc(O)cc1. The summed E-state index contributed by atoms with van der Waals surface area (Å²) in [6, 6.07) is 6.31. The van der Waals surface area contributed by atoms with Crippen LogP contribution in [0, 0.1) is 0 Å². The number of benzene rings is 1. The average Bonchev–Trinajstić information content (AvgIpc) is 2.40. The molecule has 0 unspecified atom stereocenters. The van der Waals surface area contributed by atoms with Crippen LogP contribution in [0.15, 0.2) is 24.3 Å². The van der Waals surface area contributed by atoms with Gasteiger partial charge in [-0.2, -0.15) is 0 Å². The van der Waals surface area contributed by atoms with E-state index in [0.717, 1.165) is 31.5 Å². The zero-order valence-corrected chi connectivity index (χ0v) is 11.8. The summed E-state index contributed by atoms with van der Waals surface area (Å²) in [6.07, 6.45) is 2.39. The number of hydrogen-bond donors (Lipinski definition) is 2. The summed E-state index contributed by atoms with van der Waals surface area (Å²) in [5.41, 5.74) is 6.96. The molecule has 3 N–H and O–H groups in total. The quantitative estimate of drug-likeness (QED) is 0.790. The molecule has 4 nitrogen and oxygen atoms in total. The molecule has 106 valence electrons. The molecule has 0 aromatic heterocycles. The van der Waals surface area contributed by atoms with Gasteiger partial charge in [0.05, 0.1) is 6.04 Å². The summed E-state index contributed by atoms with van der Waals surface area (Å²) < 4.78 is 0. The summed E-state index contributed by atoms with van der Waals surface area (Å²) in [6.45, 7) is 5.63. The molecule has 0 aliphatic carbocycles. The summed E-state index contributed by atoms with van der Waals surface area (Å²) in [7, 11) is 0. The lowest BCUT2D eigenvalue weighted by Gasteiger charge is -2.25. The third-order valence-corrected chi connectivity index (χ3v) is 3.01. The van der Waals surface area contributed by atoms with Crippen LogP contribution in [0.4, 0.5) is 0 Å². The molecule has 1 aromatic rings. The Morgan fingerprint density at radius 3 is 2.21 bits per heavy atom. The van der Waals surface area contributed by atoms with Gasteiger partial charge in [0.1, 0.15) is 5.75 Å². The van der Waals surface area contributed by atoms with Crippen LogP contribution < -0.4 is 5.73 Å². The number of hydrogen-bond acceptors (Lipinski definition) is 3. The molecule has 19 heavy (non-hydrogen) atoms. The molecule has 1 aromatic carbocycles. The van der Waals surface area contributed by atoms with Gasteiger partial charge >= 0.3 is 0 Å². The topological polar surface area (TPSA) is 66.6 Å². The number of nitrogens with zero attached hydrogens (tertiary/aromatic N) is 1. The highest BCUT2D eigenvalue weighted by atomic mass is 16.3. The van der Waals surface area contributed by atoms with Crippen molar-refractivity contribution in [3.63, 3.8) is 0 Å². The van der Waals surface area contributed by atoms with E-state index in [4.69, 9.17) is 5.73 Å². The number of carbonyl (C=O) groups is 1. The molecule has 0 fully saturated rings. The van der Waals surface area contributed by atoms with E-state index >= 15 is 0 Å². The van der Waals surface area contributed by atoms with Gasteiger partial charge in [-0.15, -0.1) is 0 Å². The van der Waals surface area contributed by atoms with Gasteiger partial charge in [-0.25, -0.2) is 0 Å². The zero-order valence-electron chi connectivity index (χ0n) is 11.8. The Bertz CT molecular complexity index is 384. The van der Waals surface area contributed by atoms with Crippen molar-refractivity contribution >= 4 is 5.91 Å². The van der Waals surface area contributed by atoms with Gasteiger partial charge in [0.25, 0.3) is 0 Å². The van der Waals surface area contributed by atoms with Gasteiger partial charge in [0.15, 0.2) is 0 Å². The number of rotatable bonds is 7. The first-order chi connectivity index (χ1) is 9.08. The second-order valence-corrected chi connectivity index (χ2v) is 4.80. The molecule has 0 aliphatic rings. The number of amides is 1. The van der Waals surface area contributed by atoms with Crippen LogP contribution in [0.5, 0.6) is 5.75 Å². The van der Waals surface area contributed by atoms with Crippen molar-refractivity contribution in [2.75, 3.05) is 13.1 Å². The Kier molecular flexibility index (Phi) is 6.36. The lowest BCUT2D eigenvalue weighted by molar-refractivity contribution is -0.132. The highest BCUT2D eigenvalue weighted by molar-refractivity contribution is 5.82. The molecule has 0 radical (unpaired) electrons. The van der Waals surface area contributed by atoms with Crippen molar-refractivity contribution in [2.24, 2.45) is 5.73 Å². The third kappa shape index (κ3) is 4.91. The zero-order chi connectivity index (χ0) is 14.3. The number of carbonyl (C=O) groups excluding carboxylic acids is 1. The Hall–Kier alpha value is -1.55. The predicted octanol–water partition coefficient (Wildman–Crippen LogP) is 1.91. The first-order valence-corrected chi connectivity index (χ1v) is 6.90. The van der Waals surface area contributed by atoms with Crippen molar-refractivity contribution in [3.05, 3.63) is 29.8 Å². The maximum absolute atomic E-state index is 12.2. The normalized spacial score (nSPS) is 12.2. The van der Waals surface area contributed by atoms with Crippen LogP contribution in [0.1, 0.15) is 32.3 Å². The fourth-order valence-corrected chi connectivity index (χ4v) is 2.08. The number of phenols is 1. The molecule has 1 atom stereocenters. The molecular weight excluding hydrogens is 240 g/mol. The largest absolute Gasteiger partial charge is 0.508 e. The van der Waals surface area contributed by atoms with Gasteiger partial charge in [-0.1, -0.05) is 26.0 Å². The number of nitrogens with two attached hydrogens (primary N) is 1. The van der Waals surface area contributed by atoms with Crippen LogP contribution >= 0.6 is 0 Å². The van der Waals surface area contributed by atoms with E-state index in [1.807, 2.05) is 4.90 Å². The van der Waals surface area contributed by atoms with Gasteiger partial charge in [0.2, 0.25) is 5.91 Å². The molecule has 1 amide bonds. The Morgan fingerprint density at radius 2 is 1.74 bits per heavy atom. The van der Waals surface area contributed by atoms with E-state index in [9.17, 15) is 9.90 Å². The standard InChI is InChI=1S/C15H24N2O2/c1-3-9-17(10-4-2)15(19)14(16)11-12-5-7-13(18)8-6-12/h5-8,14,18H,3-4,9-11,16H2,1-2H3/t14-/m1/s1. The van der Waals surface area contributed by atoms with E-state index in [1.54, 1.807) is 24.3 Å². The molecular formula is C15H24N2O2. The molecule has 4 heteroatoms. The molecule has 0 heterocycles. The van der Waals surface area contributed by atoms with Crippen molar-refractivity contribution in [3.8, 4) is 5.75 Å². The summed E-state index contributed by atoms with van der Waals surface area (Å²) in [5, 5.41) is 9.22. The Labute approximate surface area is 115 Å². The third-order valence-electron chi connectivity index (χ3n) is 3.01. The molecule has 0 aliphatic heterocycles. The smallest absolute Gasteiger partial charge is 0.239 e. The maximum atomic E-state index is 12.2. The van der Waals surface area contributed by atoms with Crippen LogP contribution in [-0.2, 0) is 11.2 Å². The second kappa shape index (κ2) is 7.79. The Morgan fingerprint density at radius 1 is 1.21 bits per heavy atom. The van der Waals surface area contributed by atoms with Gasteiger partial charge in [-0.3, -0.25) is 4.79 Å². The van der Waals surface area contributed by atoms with E-state index in [0.29, 0.717) is 6.42 Å². The van der Waals surface area contributed by atoms with E-state index < -0.39 is 6.04 Å². The molecule has 0 saturated carbocycles. The fourth-order valence-electron chi connectivity index (χ4n) is 2.08. The van der Waals surface area contributed by atoms with Crippen molar-refractivity contribution in [1.82, 2.24) is 4.90 Å². The van der Waals surface area contributed by atoms with Gasteiger partial charge in [0, 0.05) is 13.1 Å². The second-order valence-electron chi connectivity index (χ2n) is 4.80. The Balaban J connectivity index is 2.62. The average molecular weight is 264 g/mol. The maximum Gasteiger partial charge on any atom is 0.239 e. The lowest BCUT2D eigenvalue weighted by Crippen LogP contribution is -2.45. The molecule has 1 rings (SSSR count). The minimum atomic E-state index is -0.511. The minimum Gasteiger partial charge on any atom is -0.508 e. The first kappa shape index (κ1) is 15.5. The van der Waals surface area contributed by atoms with Crippen molar-refractivity contribution in [2.45, 2.75) is 39.2 Å². The van der Waals surface area contributed by atoms with Crippen LogP contribution in [-0.4, -0.2) is 35.0 Å². The minimum absolute atomic E-state index is 0.0109. The number of phenolic OH excluding ortho intramolecular Hbond substituents is 1. The predicted molar refractivity (Wildman–Crippen MR) is 76.9 cm³/mol. The van der Waals surface area contributed by atoms with Crippen LogP contribution in [0.3, 0.4) is 0 Å². The van der Waals surface area contributed by atoms with Crippen LogP contribution in [0.25, 0.3) is 0 Å². The summed E-state index contributed by atoms with van der Waals surface area (Å²) >= 11 is 0. The van der Waals surface area contributed by atoms with Gasteiger partial charge < -0.3 is 15.7 Å². The van der Waals surface area contributed by atoms with Crippen LogP contribution in [0.2, 0.25) is 0 Å². The molecule has 0 bridgehead atoms.